The van der Waals surface area contributed by atoms with E-state index in [-0.39, 0.29) is 30.4 Å². The summed E-state index contributed by atoms with van der Waals surface area (Å²) in [7, 11) is 0. The molecule has 0 atom stereocenters. The van der Waals surface area contributed by atoms with E-state index in [1.807, 2.05) is 36.4 Å². The van der Waals surface area contributed by atoms with E-state index in [4.69, 9.17) is 0 Å². The van der Waals surface area contributed by atoms with Crippen molar-refractivity contribution in [3.8, 4) is 10.4 Å². The monoisotopic (exact) mass is 393 g/mol. The molecule has 0 spiro atoms. The van der Waals surface area contributed by atoms with E-state index in [1.165, 1.54) is 28.3 Å². The molecule has 1 amide bonds. The normalized spacial score (nSPS) is 10.9. The maximum atomic E-state index is 13.6. The second kappa shape index (κ2) is 7.74. The van der Waals surface area contributed by atoms with Crippen molar-refractivity contribution in [2.24, 2.45) is 0 Å². The van der Waals surface area contributed by atoms with E-state index >= 15 is 0 Å². The maximum Gasteiger partial charge on any atom is 0.271 e. The minimum absolute atomic E-state index is 0.0626. The summed E-state index contributed by atoms with van der Waals surface area (Å²) in [5, 5.41) is 2.63. The van der Waals surface area contributed by atoms with E-state index < -0.39 is 0 Å². The quantitative estimate of drug-likeness (QED) is 0.564. The Balaban J connectivity index is 1.52. The van der Waals surface area contributed by atoms with Crippen LogP contribution in [0.25, 0.3) is 20.7 Å². The molecule has 0 saturated heterocycles. The lowest BCUT2D eigenvalue weighted by Gasteiger charge is -2.07. The van der Waals surface area contributed by atoms with Crippen LogP contribution in [0.4, 0.5) is 4.39 Å². The van der Waals surface area contributed by atoms with Gasteiger partial charge in [-0.15, -0.1) is 11.3 Å². The van der Waals surface area contributed by atoms with Gasteiger partial charge in [-0.2, -0.15) is 0 Å². The molecule has 0 aliphatic rings. The topological polar surface area (TPSA) is 64.0 Å². The summed E-state index contributed by atoms with van der Waals surface area (Å²) < 4.78 is 15.4. The van der Waals surface area contributed by atoms with Crippen molar-refractivity contribution in [2.75, 3.05) is 0 Å². The molecule has 0 radical (unpaired) electrons. The first-order chi connectivity index (χ1) is 13.6. The molecule has 2 heterocycles. The zero-order valence-electron chi connectivity index (χ0n) is 14.8. The SMILES string of the molecule is O=C(Cn1cnc2cc(-c3ccccc3)sc2c1=O)NCc1ccccc1F. The fourth-order valence-corrected chi connectivity index (χ4v) is 3.91. The third-order valence-corrected chi connectivity index (χ3v) is 5.47. The number of carbonyl (C=O) groups excluding carboxylic acids is 1. The van der Waals surface area contributed by atoms with Gasteiger partial charge in [0.2, 0.25) is 5.91 Å². The summed E-state index contributed by atoms with van der Waals surface area (Å²) in [6.45, 7) is -0.109. The average molecular weight is 393 g/mol. The first kappa shape index (κ1) is 18.1. The molecule has 4 aromatic rings. The summed E-state index contributed by atoms with van der Waals surface area (Å²) in [5.41, 5.74) is 1.75. The van der Waals surface area contributed by atoms with Gasteiger partial charge in [0, 0.05) is 17.0 Å². The standard InChI is InChI=1S/C21H16FN3O2S/c22-16-9-5-4-8-15(16)11-23-19(26)12-25-13-24-17-10-18(28-20(17)21(25)27)14-6-2-1-3-7-14/h1-10,13H,11-12H2,(H,23,26). The van der Waals surface area contributed by atoms with Gasteiger partial charge in [0.25, 0.3) is 5.56 Å². The highest BCUT2D eigenvalue weighted by Gasteiger charge is 2.12. The number of amides is 1. The predicted octanol–water partition coefficient (Wildman–Crippen LogP) is 3.58. The summed E-state index contributed by atoms with van der Waals surface area (Å²) in [4.78, 5) is 30.2. The number of halogens is 1. The van der Waals surface area contributed by atoms with Gasteiger partial charge in [-0.3, -0.25) is 14.2 Å². The first-order valence-electron chi connectivity index (χ1n) is 8.66. The minimum Gasteiger partial charge on any atom is -0.350 e. The smallest absolute Gasteiger partial charge is 0.271 e. The minimum atomic E-state index is -0.383. The molecule has 0 aliphatic carbocycles. The van der Waals surface area contributed by atoms with Crippen LogP contribution in [0.5, 0.6) is 0 Å². The number of aromatic nitrogens is 2. The highest BCUT2D eigenvalue weighted by Crippen LogP contribution is 2.30. The van der Waals surface area contributed by atoms with E-state index in [2.05, 4.69) is 10.3 Å². The number of nitrogens with zero attached hydrogens (tertiary/aromatic N) is 2. The Kier molecular flexibility index (Phi) is 4.99. The predicted molar refractivity (Wildman–Crippen MR) is 108 cm³/mol. The van der Waals surface area contributed by atoms with Crippen molar-refractivity contribution in [3.05, 3.63) is 88.7 Å². The average Bonchev–Trinajstić information content (AvgIpc) is 3.15. The largest absolute Gasteiger partial charge is 0.350 e. The molecule has 0 aliphatic heterocycles. The first-order valence-corrected chi connectivity index (χ1v) is 9.48. The van der Waals surface area contributed by atoms with Crippen molar-refractivity contribution < 1.29 is 9.18 Å². The molecular formula is C21H16FN3O2S. The number of rotatable bonds is 5. The molecule has 0 fully saturated rings. The Morgan fingerprint density at radius 2 is 1.86 bits per heavy atom. The Morgan fingerprint density at radius 3 is 2.64 bits per heavy atom. The van der Waals surface area contributed by atoms with Crippen LogP contribution >= 0.6 is 11.3 Å². The van der Waals surface area contributed by atoms with E-state index in [9.17, 15) is 14.0 Å². The van der Waals surface area contributed by atoms with Crippen LogP contribution in [0.3, 0.4) is 0 Å². The zero-order valence-corrected chi connectivity index (χ0v) is 15.6. The number of hydrogen-bond donors (Lipinski definition) is 1. The Bertz CT molecular complexity index is 1200. The molecule has 1 N–H and O–H groups in total. The summed E-state index contributed by atoms with van der Waals surface area (Å²) in [6.07, 6.45) is 1.37. The van der Waals surface area contributed by atoms with Crippen LogP contribution in [-0.2, 0) is 17.9 Å². The van der Waals surface area contributed by atoms with Crippen LogP contribution in [0.2, 0.25) is 0 Å². The van der Waals surface area contributed by atoms with Crippen LogP contribution in [0.15, 0.2) is 71.8 Å². The highest BCUT2D eigenvalue weighted by molar-refractivity contribution is 7.22. The number of benzene rings is 2. The van der Waals surface area contributed by atoms with Gasteiger partial charge in [0.1, 0.15) is 17.1 Å². The van der Waals surface area contributed by atoms with E-state index in [1.54, 1.807) is 18.2 Å². The fourth-order valence-electron chi connectivity index (χ4n) is 2.85. The number of thiophene rings is 1. The molecule has 7 heteroatoms. The molecule has 28 heavy (non-hydrogen) atoms. The Hall–Kier alpha value is -3.32. The van der Waals surface area contributed by atoms with Gasteiger partial charge >= 0.3 is 0 Å². The number of carbonyl (C=O) groups is 1. The lowest BCUT2D eigenvalue weighted by atomic mass is 10.2. The van der Waals surface area contributed by atoms with Crippen LogP contribution in [0, 0.1) is 5.82 Å². The number of fused-ring (bicyclic) bond motifs is 1. The Labute approximate surface area is 164 Å². The molecule has 140 valence electrons. The van der Waals surface area contributed by atoms with Gasteiger partial charge in [0.15, 0.2) is 0 Å². The number of nitrogens with one attached hydrogen (secondary N) is 1. The van der Waals surface area contributed by atoms with E-state index in [0.717, 1.165) is 10.4 Å². The number of hydrogen-bond acceptors (Lipinski definition) is 4. The molecular weight excluding hydrogens is 377 g/mol. The third kappa shape index (κ3) is 3.70. The van der Waals surface area contributed by atoms with Crippen molar-refractivity contribution in [3.63, 3.8) is 0 Å². The maximum absolute atomic E-state index is 13.6. The molecule has 0 bridgehead atoms. The molecule has 0 saturated carbocycles. The van der Waals surface area contributed by atoms with Crippen molar-refractivity contribution in [2.45, 2.75) is 13.1 Å². The summed E-state index contributed by atoms with van der Waals surface area (Å²) in [6, 6.07) is 17.9. The van der Waals surface area contributed by atoms with Gasteiger partial charge in [-0.25, -0.2) is 9.37 Å². The highest BCUT2D eigenvalue weighted by atomic mass is 32.1. The molecule has 2 aromatic carbocycles. The molecule has 4 rings (SSSR count). The van der Waals surface area contributed by atoms with Crippen LogP contribution in [-0.4, -0.2) is 15.5 Å². The second-order valence-corrected chi connectivity index (χ2v) is 7.29. The van der Waals surface area contributed by atoms with Crippen molar-refractivity contribution in [1.29, 1.82) is 0 Å². The lowest BCUT2D eigenvalue weighted by Crippen LogP contribution is -2.32. The summed E-state index contributed by atoms with van der Waals surface area (Å²) in [5.74, 6) is -0.763. The second-order valence-electron chi connectivity index (χ2n) is 6.24. The fraction of sp³-hybridized carbons (Fsp3) is 0.0952. The molecule has 2 aromatic heterocycles. The lowest BCUT2D eigenvalue weighted by molar-refractivity contribution is -0.121. The Morgan fingerprint density at radius 1 is 1.11 bits per heavy atom. The molecule has 0 unspecified atom stereocenters. The zero-order chi connectivity index (χ0) is 19.5. The third-order valence-electron chi connectivity index (χ3n) is 4.31. The summed E-state index contributed by atoms with van der Waals surface area (Å²) >= 11 is 1.35. The van der Waals surface area contributed by atoms with Crippen molar-refractivity contribution in [1.82, 2.24) is 14.9 Å². The van der Waals surface area contributed by atoms with Crippen LogP contribution in [0.1, 0.15) is 5.56 Å². The van der Waals surface area contributed by atoms with E-state index in [0.29, 0.717) is 15.8 Å². The van der Waals surface area contributed by atoms with Crippen molar-refractivity contribution >= 4 is 27.5 Å². The van der Waals surface area contributed by atoms with Gasteiger partial charge in [-0.1, -0.05) is 48.5 Å². The van der Waals surface area contributed by atoms with Gasteiger partial charge in [0.05, 0.1) is 11.8 Å². The van der Waals surface area contributed by atoms with Crippen LogP contribution < -0.4 is 10.9 Å². The molecule has 5 nitrogen and oxygen atoms in total. The van der Waals surface area contributed by atoms with Gasteiger partial charge in [-0.05, 0) is 17.7 Å². The van der Waals surface area contributed by atoms with Gasteiger partial charge < -0.3 is 5.32 Å².